The molecule has 1 heterocycles. The van der Waals surface area contributed by atoms with Crippen LogP contribution in [0.3, 0.4) is 0 Å². The quantitative estimate of drug-likeness (QED) is 0.547. The summed E-state index contributed by atoms with van der Waals surface area (Å²) in [5.41, 5.74) is 0.997. The third-order valence-corrected chi connectivity index (χ3v) is 6.67. The number of benzene rings is 2. The summed E-state index contributed by atoms with van der Waals surface area (Å²) in [6.07, 6.45) is 0. The average Bonchev–Trinajstić information content (AvgIpc) is 3.26. The summed E-state index contributed by atoms with van der Waals surface area (Å²) < 4.78 is 35.9. The van der Waals surface area contributed by atoms with Crippen LogP contribution in [0.15, 0.2) is 75.1 Å². The molecular weight excluding hydrogens is 440 g/mol. The summed E-state index contributed by atoms with van der Waals surface area (Å²) in [4.78, 5) is 14.6. The Hall–Kier alpha value is -2.81. The van der Waals surface area contributed by atoms with Crippen molar-refractivity contribution in [2.45, 2.75) is 16.0 Å². The first kappa shape index (κ1) is 22.9. The van der Waals surface area contributed by atoms with E-state index in [1.807, 2.05) is 43.3 Å². The lowest BCUT2D eigenvalue weighted by Gasteiger charge is -2.25. The molecule has 7 nitrogen and oxygen atoms in total. The second-order valence-electron chi connectivity index (χ2n) is 7.04. The van der Waals surface area contributed by atoms with Gasteiger partial charge < -0.3 is 19.4 Å². The number of methoxy groups -OCH3 is 1. The summed E-state index contributed by atoms with van der Waals surface area (Å²) >= 11 is 5.81. The first-order valence-corrected chi connectivity index (χ1v) is 11.3. The molecule has 0 aliphatic heterocycles. The van der Waals surface area contributed by atoms with Gasteiger partial charge in [0.25, 0.3) is 5.91 Å². The molecule has 2 aromatic carbocycles. The van der Waals surface area contributed by atoms with Crippen molar-refractivity contribution in [3.8, 4) is 5.75 Å². The van der Waals surface area contributed by atoms with Gasteiger partial charge in [-0.3, -0.25) is 4.79 Å². The number of hydrogen-bond donors (Lipinski definition) is 1. The van der Waals surface area contributed by atoms with E-state index < -0.39 is 15.7 Å². The lowest BCUT2D eigenvalue weighted by atomic mass is 10.1. The molecule has 3 aromatic rings. The fraction of sp³-hybridized carbons (Fsp3) is 0.227. The molecule has 31 heavy (non-hydrogen) atoms. The van der Waals surface area contributed by atoms with Crippen molar-refractivity contribution in [3.05, 3.63) is 77.0 Å². The van der Waals surface area contributed by atoms with Gasteiger partial charge in [0.2, 0.25) is 14.9 Å². The van der Waals surface area contributed by atoms with Crippen LogP contribution in [-0.2, 0) is 9.84 Å². The number of ether oxygens (including phenoxy) is 1. The first-order chi connectivity index (χ1) is 14.7. The third-order valence-electron chi connectivity index (χ3n) is 4.77. The van der Waals surface area contributed by atoms with Crippen LogP contribution in [0.25, 0.3) is 0 Å². The van der Waals surface area contributed by atoms with E-state index in [-0.39, 0.29) is 21.8 Å². The van der Waals surface area contributed by atoms with Crippen LogP contribution in [-0.4, -0.2) is 47.0 Å². The monoisotopic (exact) mass is 462 g/mol. The van der Waals surface area contributed by atoms with Gasteiger partial charge in [0, 0.05) is 11.6 Å². The van der Waals surface area contributed by atoms with Crippen molar-refractivity contribution in [1.29, 1.82) is 0 Å². The number of nitrogens with one attached hydrogen (secondary N) is 1. The van der Waals surface area contributed by atoms with Gasteiger partial charge in [0.15, 0.2) is 5.76 Å². The smallest absolute Gasteiger partial charge is 0.287 e. The minimum Gasteiger partial charge on any atom is -0.497 e. The van der Waals surface area contributed by atoms with Gasteiger partial charge in [-0.2, -0.15) is 0 Å². The summed E-state index contributed by atoms with van der Waals surface area (Å²) in [5, 5.41) is 2.92. The number of halogens is 1. The van der Waals surface area contributed by atoms with Crippen LogP contribution in [0, 0.1) is 0 Å². The Morgan fingerprint density at radius 3 is 2.29 bits per heavy atom. The molecule has 0 radical (unpaired) electrons. The van der Waals surface area contributed by atoms with Gasteiger partial charge in [0.1, 0.15) is 5.75 Å². The molecule has 0 saturated heterocycles. The highest BCUT2D eigenvalue weighted by molar-refractivity contribution is 7.91. The second kappa shape index (κ2) is 9.55. The minimum atomic E-state index is -3.89. The van der Waals surface area contributed by atoms with Crippen LogP contribution in [0.1, 0.15) is 22.2 Å². The largest absolute Gasteiger partial charge is 0.497 e. The highest BCUT2D eigenvalue weighted by Gasteiger charge is 2.24. The number of carbonyl (C=O) groups is 1. The number of rotatable bonds is 8. The number of amides is 1. The maximum atomic E-state index is 12.7. The van der Waals surface area contributed by atoms with Gasteiger partial charge in [-0.15, -0.1) is 0 Å². The maximum absolute atomic E-state index is 12.7. The lowest BCUT2D eigenvalue weighted by molar-refractivity contribution is 0.0909. The standard InChI is InChI=1S/C22H23ClN2O5S/c1-25(2)19(15-4-8-17(29-3)9-5-15)14-24-22(26)20-12-13-21(30-20)31(27,28)18-10-6-16(23)7-11-18/h4-13,19H,14H2,1-3H3,(H,24,26). The topological polar surface area (TPSA) is 88.8 Å². The number of furan rings is 1. The lowest BCUT2D eigenvalue weighted by Crippen LogP contribution is -2.34. The molecule has 0 aliphatic rings. The van der Waals surface area contributed by atoms with Crippen molar-refractivity contribution < 1.29 is 22.4 Å². The Morgan fingerprint density at radius 1 is 1.06 bits per heavy atom. The normalized spacial score (nSPS) is 12.5. The number of hydrogen-bond acceptors (Lipinski definition) is 6. The van der Waals surface area contributed by atoms with Crippen molar-refractivity contribution in [2.75, 3.05) is 27.7 Å². The van der Waals surface area contributed by atoms with Crippen LogP contribution in [0.2, 0.25) is 5.02 Å². The molecule has 0 fully saturated rings. The zero-order valence-electron chi connectivity index (χ0n) is 17.3. The first-order valence-electron chi connectivity index (χ1n) is 9.41. The summed E-state index contributed by atoms with van der Waals surface area (Å²) in [6.45, 7) is 0.304. The van der Waals surface area contributed by atoms with E-state index in [4.69, 9.17) is 20.8 Å². The summed E-state index contributed by atoms with van der Waals surface area (Å²) in [6, 6.07) is 15.8. The molecule has 1 aromatic heterocycles. The molecule has 1 amide bonds. The highest BCUT2D eigenvalue weighted by atomic mass is 35.5. The van der Waals surface area contributed by atoms with E-state index in [0.29, 0.717) is 11.6 Å². The highest BCUT2D eigenvalue weighted by Crippen LogP contribution is 2.25. The number of likely N-dealkylation sites (N-methyl/N-ethyl adjacent to an activating group) is 1. The molecule has 3 rings (SSSR count). The predicted molar refractivity (Wildman–Crippen MR) is 117 cm³/mol. The SMILES string of the molecule is COc1ccc(C(CNC(=O)c2ccc(S(=O)(=O)c3ccc(Cl)cc3)o2)N(C)C)cc1. The van der Waals surface area contributed by atoms with E-state index in [1.165, 1.54) is 36.4 Å². The molecule has 0 saturated carbocycles. The van der Waals surface area contributed by atoms with Gasteiger partial charge in [-0.1, -0.05) is 23.7 Å². The van der Waals surface area contributed by atoms with E-state index in [0.717, 1.165) is 11.3 Å². The van der Waals surface area contributed by atoms with Gasteiger partial charge >= 0.3 is 0 Å². The molecule has 9 heteroatoms. The molecular formula is C22H23ClN2O5S. The molecule has 0 aliphatic carbocycles. The van der Waals surface area contributed by atoms with Crippen LogP contribution in [0.5, 0.6) is 5.75 Å². The van der Waals surface area contributed by atoms with Crippen molar-refractivity contribution in [1.82, 2.24) is 10.2 Å². The summed E-state index contributed by atoms with van der Waals surface area (Å²) in [7, 11) is 1.53. The van der Waals surface area contributed by atoms with E-state index >= 15 is 0 Å². The summed E-state index contributed by atoms with van der Waals surface area (Å²) in [5.74, 6) is 0.160. The van der Waals surface area contributed by atoms with Crippen LogP contribution in [0.4, 0.5) is 0 Å². The van der Waals surface area contributed by atoms with Gasteiger partial charge in [-0.25, -0.2) is 8.42 Å². The number of carbonyl (C=O) groups excluding carboxylic acids is 1. The third kappa shape index (κ3) is 5.28. The Bertz CT molecular complexity index is 1140. The van der Waals surface area contributed by atoms with Crippen molar-refractivity contribution in [2.24, 2.45) is 0 Å². The molecule has 0 bridgehead atoms. The number of nitrogens with zero attached hydrogens (tertiary/aromatic N) is 1. The van der Waals surface area contributed by atoms with Gasteiger partial charge in [0.05, 0.1) is 18.0 Å². The zero-order chi connectivity index (χ0) is 22.6. The van der Waals surface area contributed by atoms with Crippen LogP contribution < -0.4 is 10.1 Å². The Labute approximate surface area is 186 Å². The Morgan fingerprint density at radius 2 is 1.71 bits per heavy atom. The fourth-order valence-corrected chi connectivity index (χ4v) is 4.32. The Balaban J connectivity index is 1.72. The van der Waals surface area contributed by atoms with E-state index in [1.54, 1.807) is 7.11 Å². The molecule has 1 N–H and O–H groups in total. The van der Waals surface area contributed by atoms with Gasteiger partial charge in [-0.05, 0) is 68.2 Å². The Kier molecular flexibility index (Phi) is 7.04. The molecule has 1 atom stereocenters. The number of sulfone groups is 1. The molecule has 0 spiro atoms. The van der Waals surface area contributed by atoms with Crippen molar-refractivity contribution >= 4 is 27.3 Å². The second-order valence-corrected chi connectivity index (χ2v) is 9.36. The van der Waals surface area contributed by atoms with E-state index in [9.17, 15) is 13.2 Å². The van der Waals surface area contributed by atoms with E-state index in [2.05, 4.69) is 5.32 Å². The zero-order valence-corrected chi connectivity index (χ0v) is 18.9. The molecule has 1 unspecified atom stereocenters. The average molecular weight is 463 g/mol. The maximum Gasteiger partial charge on any atom is 0.287 e. The minimum absolute atomic E-state index is 0.0328. The van der Waals surface area contributed by atoms with Crippen LogP contribution >= 0.6 is 11.6 Å². The van der Waals surface area contributed by atoms with Crippen molar-refractivity contribution in [3.63, 3.8) is 0 Å². The molecule has 164 valence electrons. The fourth-order valence-electron chi connectivity index (χ4n) is 3.02. The predicted octanol–water partition coefficient (Wildman–Crippen LogP) is 3.81.